The number of H-pyrrole nitrogens is 1. The number of nitrogens with one attached hydrogen (secondary N) is 1. The van der Waals surface area contributed by atoms with E-state index >= 15 is 0 Å². The monoisotopic (exact) mass is 645 g/mol. The van der Waals surface area contributed by atoms with E-state index in [0.717, 1.165) is 31.2 Å². The summed E-state index contributed by atoms with van der Waals surface area (Å²) in [6, 6.07) is 12.8. The van der Waals surface area contributed by atoms with Crippen LogP contribution in [0.25, 0.3) is 11.2 Å². The van der Waals surface area contributed by atoms with Crippen LogP contribution in [0.3, 0.4) is 0 Å². The highest BCUT2D eigenvalue weighted by molar-refractivity contribution is 7.89. The topological polar surface area (TPSA) is 151 Å². The molecule has 0 spiro atoms. The molecule has 12 nitrogen and oxygen atoms in total. The maximum absolute atomic E-state index is 13.4. The van der Waals surface area contributed by atoms with Gasteiger partial charge in [0.25, 0.3) is 5.56 Å². The van der Waals surface area contributed by atoms with Crippen molar-refractivity contribution in [2.24, 2.45) is 0 Å². The molecule has 2 aliphatic rings. The van der Waals surface area contributed by atoms with Gasteiger partial charge in [0.05, 0.1) is 16.3 Å². The van der Waals surface area contributed by atoms with Crippen LogP contribution in [0.4, 0.5) is 0 Å². The van der Waals surface area contributed by atoms with E-state index in [1.165, 1.54) is 37.6 Å². The van der Waals surface area contributed by atoms with E-state index in [0.29, 0.717) is 49.0 Å². The summed E-state index contributed by atoms with van der Waals surface area (Å²) < 4.78 is 57.5. The first kappa shape index (κ1) is 29.9. The smallest absolute Gasteiger partial charge is 0.281 e. The molecule has 2 fully saturated rings. The van der Waals surface area contributed by atoms with Crippen molar-refractivity contribution in [2.45, 2.75) is 60.8 Å². The Labute approximate surface area is 254 Å². The van der Waals surface area contributed by atoms with Gasteiger partial charge in [-0.2, -0.15) is 8.61 Å². The summed E-state index contributed by atoms with van der Waals surface area (Å²) in [5, 5.41) is 8.67. The molecule has 15 heteroatoms. The van der Waals surface area contributed by atoms with Gasteiger partial charge >= 0.3 is 0 Å². The van der Waals surface area contributed by atoms with E-state index < -0.39 is 25.6 Å². The number of piperidine rings is 1. The molecule has 43 heavy (non-hydrogen) atoms. The molecule has 4 aromatic rings. The van der Waals surface area contributed by atoms with Crippen LogP contribution in [0, 0.1) is 0 Å². The molecule has 228 valence electrons. The molecule has 2 aliphatic heterocycles. The normalized spacial score (nSPS) is 18.2. The molecule has 2 aromatic carbocycles. The van der Waals surface area contributed by atoms with Gasteiger partial charge in [-0.15, -0.1) is 5.10 Å². The summed E-state index contributed by atoms with van der Waals surface area (Å²) in [5.74, 6) is 0.286. The Morgan fingerprint density at radius 3 is 2.00 bits per heavy atom. The highest BCUT2D eigenvalue weighted by atomic mass is 35.5. The van der Waals surface area contributed by atoms with Gasteiger partial charge in [0.2, 0.25) is 20.0 Å². The molecule has 0 unspecified atom stereocenters. The fourth-order valence-corrected chi connectivity index (χ4v) is 8.89. The number of sulfonamides is 2. The Morgan fingerprint density at radius 2 is 1.40 bits per heavy atom. The Morgan fingerprint density at radius 1 is 0.814 bits per heavy atom. The maximum atomic E-state index is 13.4. The zero-order valence-corrected chi connectivity index (χ0v) is 25.8. The number of aromatic nitrogens is 5. The van der Waals surface area contributed by atoms with Gasteiger partial charge < -0.3 is 4.98 Å². The minimum absolute atomic E-state index is 0.0447. The third-order valence-corrected chi connectivity index (χ3v) is 12.4. The largest absolute Gasteiger partial charge is 0.308 e. The van der Waals surface area contributed by atoms with Gasteiger partial charge in [0.1, 0.15) is 5.82 Å². The van der Waals surface area contributed by atoms with Crippen molar-refractivity contribution in [3.8, 4) is 0 Å². The molecular formula is C28H32ClN7O5S2. The Balaban J connectivity index is 1.16. The van der Waals surface area contributed by atoms with E-state index in [4.69, 9.17) is 11.6 Å². The average Bonchev–Trinajstić information content (AvgIpc) is 3.21. The molecule has 0 radical (unpaired) electrons. The van der Waals surface area contributed by atoms with E-state index in [9.17, 15) is 21.6 Å². The van der Waals surface area contributed by atoms with E-state index in [-0.39, 0.29) is 34.3 Å². The molecule has 1 N–H and O–H groups in total. The van der Waals surface area contributed by atoms with Crippen molar-refractivity contribution in [2.75, 3.05) is 26.2 Å². The lowest BCUT2D eigenvalue weighted by Crippen LogP contribution is -2.38. The predicted octanol–water partition coefficient (Wildman–Crippen LogP) is 3.35. The Kier molecular flexibility index (Phi) is 8.39. The third-order valence-electron chi connectivity index (χ3n) is 8.17. The molecule has 0 atom stereocenters. The average molecular weight is 646 g/mol. The quantitative estimate of drug-likeness (QED) is 0.321. The van der Waals surface area contributed by atoms with Crippen molar-refractivity contribution in [3.63, 3.8) is 0 Å². The van der Waals surface area contributed by atoms with Crippen LogP contribution in [-0.4, -0.2) is 76.6 Å². The summed E-state index contributed by atoms with van der Waals surface area (Å²) in [4.78, 5) is 20.4. The SMILES string of the molecule is O=c1[nH]c(C2CCN(S(=O)(=O)c3ccc(S(=O)(=O)N4CCCCCC4)cc3)CC2)nc2c1nnn2Cc1ccccc1Cl. The van der Waals surface area contributed by atoms with Crippen LogP contribution in [-0.2, 0) is 26.6 Å². The van der Waals surface area contributed by atoms with Crippen molar-refractivity contribution in [3.05, 3.63) is 75.3 Å². The van der Waals surface area contributed by atoms with Crippen LogP contribution in [0.5, 0.6) is 0 Å². The molecule has 0 amide bonds. The lowest BCUT2D eigenvalue weighted by Gasteiger charge is -2.30. The zero-order chi connectivity index (χ0) is 30.2. The number of nitrogens with zero attached hydrogens (tertiary/aromatic N) is 6. The van der Waals surface area contributed by atoms with Crippen LogP contribution in [0.1, 0.15) is 55.8 Å². The van der Waals surface area contributed by atoms with Gasteiger partial charge in [-0.1, -0.05) is 47.9 Å². The second kappa shape index (κ2) is 12.1. The highest BCUT2D eigenvalue weighted by Gasteiger charge is 2.32. The molecule has 4 heterocycles. The number of rotatable bonds is 7. The van der Waals surface area contributed by atoms with Crippen LogP contribution in [0.2, 0.25) is 5.02 Å². The molecule has 0 saturated carbocycles. The van der Waals surface area contributed by atoms with E-state index in [2.05, 4.69) is 20.3 Å². The minimum Gasteiger partial charge on any atom is -0.308 e. The lowest BCUT2D eigenvalue weighted by molar-refractivity contribution is 0.313. The third kappa shape index (κ3) is 5.98. The van der Waals surface area contributed by atoms with Gasteiger partial charge in [-0.3, -0.25) is 4.79 Å². The molecule has 2 aromatic heterocycles. The summed E-state index contributed by atoms with van der Waals surface area (Å²) in [6.45, 7) is 1.69. The van der Waals surface area contributed by atoms with Crippen LogP contribution >= 0.6 is 11.6 Å². The standard InChI is InChI=1S/C28H32ClN7O5S2/c29-24-8-4-3-7-21(24)19-36-27-25(32-33-36)28(37)31-26(30-27)20-13-17-35(18-14-20)43(40,41)23-11-9-22(10-12-23)42(38,39)34-15-5-1-2-6-16-34/h3-4,7-12,20H,1-2,5-6,13-19H2,(H,30,31,37). The fraction of sp³-hybridized carbons (Fsp3) is 0.429. The molecule has 6 rings (SSSR count). The first-order valence-corrected chi connectivity index (χ1v) is 17.6. The van der Waals surface area contributed by atoms with Crippen LogP contribution in [0.15, 0.2) is 63.1 Å². The number of fused-ring (bicyclic) bond motifs is 1. The van der Waals surface area contributed by atoms with Gasteiger partial charge in [0, 0.05) is 37.1 Å². The summed E-state index contributed by atoms with van der Waals surface area (Å²) >= 11 is 6.30. The summed E-state index contributed by atoms with van der Waals surface area (Å²) in [6.07, 6.45) is 4.55. The number of hydrogen-bond acceptors (Lipinski definition) is 8. The van der Waals surface area contributed by atoms with Crippen molar-refractivity contribution < 1.29 is 16.8 Å². The van der Waals surface area contributed by atoms with Crippen LogP contribution < -0.4 is 5.56 Å². The second-order valence-corrected chi connectivity index (χ2v) is 15.2. The predicted molar refractivity (Wildman–Crippen MR) is 161 cm³/mol. The summed E-state index contributed by atoms with van der Waals surface area (Å²) in [7, 11) is -7.52. The first-order valence-electron chi connectivity index (χ1n) is 14.3. The number of aromatic amines is 1. The number of benzene rings is 2. The van der Waals surface area contributed by atoms with E-state index in [1.807, 2.05) is 18.2 Å². The molecule has 2 saturated heterocycles. The molecular weight excluding hydrogens is 614 g/mol. The second-order valence-electron chi connectivity index (χ2n) is 10.9. The van der Waals surface area contributed by atoms with E-state index in [1.54, 1.807) is 6.07 Å². The first-order chi connectivity index (χ1) is 20.6. The number of hydrogen-bond donors (Lipinski definition) is 1. The van der Waals surface area contributed by atoms with Gasteiger partial charge in [-0.05, 0) is 61.6 Å². The fourth-order valence-electron chi connectivity index (χ4n) is 5.70. The lowest BCUT2D eigenvalue weighted by atomic mass is 9.97. The Bertz CT molecular complexity index is 1890. The number of halogens is 1. The highest BCUT2D eigenvalue weighted by Crippen LogP contribution is 2.30. The maximum Gasteiger partial charge on any atom is 0.281 e. The van der Waals surface area contributed by atoms with Gasteiger partial charge in [-0.25, -0.2) is 26.5 Å². The van der Waals surface area contributed by atoms with Gasteiger partial charge in [0.15, 0.2) is 11.2 Å². The summed E-state index contributed by atoms with van der Waals surface area (Å²) in [5.41, 5.74) is 0.863. The minimum atomic E-state index is -3.84. The molecule has 0 aliphatic carbocycles. The van der Waals surface area contributed by atoms with Crippen molar-refractivity contribution in [1.82, 2.24) is 33.6 Å². The van der Waals surface area contributed by atoms with Crippen molar-refractivity contribution >= 4 is 42.8 Å². The van der Waals surface area contributed by atoms with Crippen molar-refractivity contribution in [1.29, 1.82) is 0 Å². The Hall–Kier alpha value is -3.17. The molecule has 0 bridgehead atoms. The zero-order valence-electron chi connectivity index (χ0n) is 23.4.